The summed E-state index contributed by atoms with van der Waals surface area (Å²) < 4.78 is 7.30. The number of halogens is 1. The van der Waals surface area contributed by atoms with Crippen molar-refractivity contribution in [3.63, 3.8) is 0 Å². The van der Waals surface area contributed by atoms with Gasteiger partial charge < -0.3 is 4.74 Å². The molecule has 0 aliphatic rings. The topological polar surface area (TPSA) is 27.1 Å². The summed E-state index contributed by atoms with van der Waals surface area (Å²) in [5.41, 5.74) is 4.24. The highest BCUT2D eigenvalue weighted by atomic mass is 35.5. The molecule has 3 rings (SSSR count). The van der Waals surface area contributed by atoms with Crippen molar-refractivity contribution in [3.8, 4) is 17.0 Å². The maximum absolute atomic E-state index is 6.41. The van der Waals surface area contributed by atoms with Gasteiger partial charge in [0.2, 0.25) is 0 Å². The van der Waals surface area contributed by atoms with Gasteiger partial charge in [0.05, 0.1) is 17.6 Å². The number of hydrogen-bond acceptors (Lipinski definition) is 2. The number of benzene rings is 2. The highest BCUT2D eigenvalue weighted by Gasteiger charge is 2.16. The average molecular weight is 315 g/mol. The molecule has 0 bridgehead atoms. The van der Waals surface area contributed by atoms with Gasteiger partial charge in [-0.25, -0.2) is 0 Å². The van der Waals surface area contributed by atoms with Crippen LogP contribution in [0.15, 0.2) is 36.4 Å². The van der Waals surface area contributed by atoms with E-state index in [1.165, 1.54) is 0 Å². The minimum atomic E-state index is 0.746. The van der Waals surface area contributed by atoms with E-state index >= 15 is 0 Å². The van der Waals surface area contributed by atoms with Crippen LogP contribution in [0.2, 0.25) is 5.02 Å². The highest BCUT2D eigenvalue weighted by Crippen LogP contribution is 2.34. The number of aromatic nitrogens is 2. The van der Waals surface area contributed by atoms with Crippen LogP contribution in [0.3, 0.4) is 0 Å². The smallest absolute Gasteiger partial charge is 0.119 e. The largest absolute Gasteiger partial charge is 0.497 e. The van der Waals surface area contributed by atoms with Crippen molar-refractivity contribution in [2.75, 3.05) is 7.11 Å². The third kappa shape index (κ3) is 2.46. The summed E-state index contributed by atoms with van der Waals surface area (Å²) in [6.07, 6.45) is 1.02. The summed E-state index contributed by atoms with van der Waals surface area (Å²) in [7, 11) is 1.68. The summed E-state index contributed by atoms with van der Waals surface area (Å²) in [6, 6.07) is 12.0. The van der Waals surface area contributed by atoms with Crippen molar-refractivity contribution in [3.05, 3.63) is 47.0 Å². The van der Waals surface area contributed by atoms with Crippen molar-refractivity contribution in [2.45, 2.75) is 26.8 Å². The molecule has 3 aromatic rings. The maximum atomic E-state index is 6.41. The van der Waals surface area contributed by atoms with Crippen molar-refractivity contribution in [1.82, 2.24) is 9.78 Å². The summed E-state index contributed by atoms with van der Waals surface area (Å²) in [4.78, 5) is 0. The summed E-state index contributed by atoms with van der Waals surface area (Å²) in [6.45, 7) is 5.07. The van der Waals surface area contributed by atoms with Gasteiger partial charge in [-0.1, -0.05) is 30.7 Å². The van der Waals surface area contributed by atoms with Crippen LogP contribution in [0.1, 0.15) is 18.9 Å². The van der Waals surface area contributed by atoms with Crippen LogP contribution in [-0.2, 0) is 6.54 Å². The Morgan fingerprint density at radius 2 is 2.05 bits per heavy atom. The lowest BCUT2D eigenvalue weighted by molar-refractivity contribution is 0.414. The van der Waals surface area contributed by atoms with Crippen LogP contribution in [0, 0.1) is 6.92 Å². The van der Waals surface area contributed by atoms with E-state index < -0.39 is 0 Å². The standard InChI is InChI=1S/C18H19ClN2O/c1-4-10-21-18-15(6-5-7-16(18)19)17(20-21)14-9-8-13(22-3)11-12(14)2/h5-9,11H,4,10H2,1-3H3. The van der Waals surface area contributed by atoms with Gasteiger partial charge in [-0.15, -0.1) is 0 Å². The first-order chi connectivity index (χ1) is 10.7. The first kappa shape index (κ1) is 14.9. The van der Waals surface area contributed by atoms with Crippen LogP contribution < -0.4 is 4.74 Å². The normalized spacial score (nSPS) is 11.1. The Hall–Kier alpha value is -2.00. The van der Waals surface area contributed by atoms with Gasteiger partial charge in [0.1, 0.15) is 11.4 Å². The van der Waals surface area contributed by atoms with E-state index in [1.807, 2.05) is 28.9 Å². The Morgan fingerprint density at radius 1 is 1.23 bits per heavy atom. The third-order valence-electron chi connectivity index (χ3n) is 3.84. The summed E-state index contributed by atoms with van der Waals surface area (Å²) in [5, 5.41) is 6.66. The first-order valence-corrected chi connectivity index (χ1v) is 7.83. The predicted octanol–water partition coefficient (Wildman–Crippen LogP) is 5.08. The molecule has 1 aromatic heterocycles. The van der Waals surface area contributed by atoms with Gasteiger partial charge in [0.25, 0.3) is 0 Å². The van der Waals surface area contributed by atoms with E-state index in [1.54, 1.807) is 7.11 Å². The Labute approximate surface area is 135 Å². The molecule has 1 heterocycles. The molecule has 0 atom stereocenters. The fourth-order valence-corrected chi connectivity index (χ4v) is 3.07. The van der Waals surface area contributed by atoms with E-state index in [2.05, 4.69) is 26.0 Å². The van der Waals surface area contributed by atoms with Gasteiger partial charge in [-0.3, -0.25) is 4.68 Å². The van der Waals surface area contributed by atoms with Crippen LogP contribution >= 0.6 is 11.6 Å². The number of nitrogens with zero attached hydrogens (tertiary/aromatic N) is 2. The SMILES string of the molecule is CCCn1nc(-c2ccc(OC)cc2C)c2cccc(Cl)c21. The van der Waals surface area contributed by atoms with Crippen LogP contribution in [0.5, 0.6) is 5.75 Å². The molecule has 0 radical (unpaired) electrons. The van der Waals surface area contributed by atoms with Crippen LogP contribution in [0.4, 0.5) is 0 Å². The monoisotopic (exact) mass is 314 g/mol. The number of methoxy groups -OCH3 is 1. The Morgan fingerprint density at radius 3 is 2.73 bits per heavy atom. The number of para-hydroxylation sites is 1. The summed E-state index contributed by atoms with van der Waals surface area (Å²) in [5.74, 6) is 0.858. The average Bonchev–Trinajstić information content (AvgIpc) is 2.87. The molecule has 0 unspecified atom stereocenters. The molecule has 0 N–H and O–H groups in total. The fourth-order valence-electron chi connectivity index (χ4n) is 2.79. The van der Waals surface area contributed by atoms with Gasteiger partial charge in [0.15, 0.2) is 0 Å². The minimum absolute atomic E-state index is 0.746. The lowest BCUT2D eigenvalue weighted by Crippen LogP contribution is -1.99. The minimum Gasteiger partial charge on any atom is -0.497 e. The molecular formula is C18H19ClN2O. The van der Waals surface area contributed by atoms with E-state index in [9.17, 15) is 0 Å². The molecule has 0 saturated carbocycles. The van der Waals surface area contributed by atoms with Gasteiger partial charge in [0, 0.05) is 17.5 Å². The Balaban J connectivity index is 2.25. The van der Waals surface area contributed by atoms with Gasteiger partial charge in [-0.05, 0) is 43.2 Å². The van der Waals surface area contributed by atoms with E-state index in [4.69, 9.17) is 21.4 Å². The second-order valence-electron chi connectivity index (χ2n) is 5.39. The number of fused-ring (bicyclic) bond motifs is 1. The second-order valence-corrected chi connectivity index (χ2v) is 5.80. The number of ether oxygens (including phenoxy) is 1. The highest BCUT2D eigenvalue weighted by molar-refractivity contribution is 6.35. The zero-order valence-electron chi connectivity index (χ0n) is 13.1. The molecule has 0 spiro atoms. The third-order valence-corrected chi connectivity index (χ3v) is 4.15. The number of aryl methyl sites for hydroxylation is 2. The maximum Gasteiger partial charge on any atom is 0.119 e. The second kappa shape index (κ2) is 6.01. The number of hydrogen-bond donors (Lipinski definition) is 0. The molecule has 0 saturated heterocycles. The van der Waals surface area contributed by atoms with Crippen molar-refractivity contribution in [2.24, 2.45) is 0 Å². The van der Waals surface area contributed by atoms with Gasteiger partial charge in [-0.2, -0.15) is 5.10 Å². The van der Waals surface area contributed by atoms with E-state index in [-0.39, 0.29) is 0 Å². The zero-order chi connectivity index (χ0) is 15.7. The van der Waals surface area contributed by atoms with Crippen LogP contribution in [0.25, 0.3) is 22.2 Å². The van der Waals surface area contributed by atoms with Gasteiger partial charge >= 0.3 is 0 Å². The van der Waals surface area contributed by atoms with E-state index in [0.29, 0.717) is 0 Å². The quantitative estimate of drug-likeness (QED) is 0.671. The zero-order valence-corrected chi connectivity index (χ0v) is 13.8. The van der Waals surface area contributed by atoms with Crippen molar-refractivity contribution in [1.29, 1.82) is 0 Å². The van der Waals surface area contributed by atoms with E-state index in [0.717, 1.165) is 51.5 Å². The fraction of sp³-hybridized carbons (Fsp3) is 0.278. The molecule has 3 nitrogen and oxygen atoms in total. The lowest BCUT2D eigenvalue weighted by atomic mass is 10.0. The molecule has 2 aromatic carbocycles. The van der Waals surface area contributed by atoms with Crippen LogP contribution in [-0.4, -0.2) is 16.9 Å². The number of rotatable bonds is 4. The lowest BCUT2D eigenvalue weighted by Gasteiger charge is -2.06. The summed E-state index contributed by atoms with van der Waals surface area (Å²) >= 11 is 6.41. The Bertz CT molecular complexity index is 823. The predicted molar refractivity (Wildman–Crippen MR) is 91.8 cm³/mol. The van der Waals surface area contributed by atoms with Crippen molar-refractivity contribution >= 4 is 22.5 Å². The molecule has 0 fully saturated rings. The molecule has 4 heteroatoms. The molecule has 0 aliphatic heterocycles. The molecular weight excluding hydrogens is 296 g/mol. The first-order valence-electron chi connectivity index (χ1n) is 7.45. The molecule has 0 amide bonds. The Kier molecular flexibility index (Phi) is 4.08. The molecule has 114 valence electrons. The molecule has 0 aliphatic carbocycles. The van der Waals surface area contributed by atoms with Crippen molar-refractivity contribution < 1.29 is 4.74 Å². The molecule has 22 heavy (non-hydrogen) atoms.